The summed E-state index contributed by atoms with van der Waals surface area (Å²) in [4.78, 5) is 52.0. The van der Waals surface area contributed by atoms with Crippen molar-refractivity contribution in [3.8, 4) is 0 Å². The number of nitrogens with zero attached hydrogens (tertiary/aromatic N) is 1. The number of aryl methyl sites for hydroxylation is 1. The highest BCUT2D eigenvalue weighted by Crippen LogP contribution is 2.18. The van der Waals surface area contributed by atoms with E-state index in [2.05, 4.69) is 10.3 Å². The second-order valence-electron chi connectivity index (χ2n) is 5.60. The zero-order valence-electron chi connectivity index (χ0n) is 13.6. The number of benzene rings is 1. The lowest BCUT2D eigenvalue weighted by Gasteiger charge is -2.06. The highest BCUT2D eigenvalue weighted by atomic mass is 32.1. The van der Waals surface area contributed by atoms with Gasteiger partial charge in [0.25, 0.3) is 5.56 Å². The molecule has 1 aromatic carbocycles. The normalized spacial score (nSPS) is 10.8. The molecule has 3 aromatic rings. The Morgan fingerprint density at radius 2 is 1.88 bits per heavy atom. The van der Waals surface area contributed by atoms with E-state index in [-0.39, 0.29) is 18.2 Å². The molecule has 1 amide bonds. The molecule has 0 atom stereocenters. The van der Waals surface area contributed by atoms with E-state index < -0.39 is 11.2 Å². The number of aromatic amines is 1. The fraction of sp³-hybridized carbons (Fsp3) is 0.176. The minimum Gasteiger partial charge on any atom is -0.326 e. The lowest BCUT2D eigenvalue weighted by Crippen LogP contribution is -2.36. The number of nitrogens with one attached hydrogen (secondary N) is 2. The monoisotopic (exact) mass is 357 g/mol. The van der Waals surface area contributed by atoms with Crippen LogP contribution in [0.5, 0.6) is 0 Å². The number of rotatable bonds is 4. The van der Waals surface area contributed by atoms with Crippen LogP contribution in [-0.2, 0) is 11.3 Å². The van der Waals surface area contributed by atoms with Gasteiger partial charge in [0.2, 0.25) is 5.91 Å². The van der Waals surface area contributed by atoms with Gasteiger partial charge in [-0.25, -0.2) is 4.79 Å². The van der Waals surface area contributed by atoms with E-state index in [1.54, 1.807) is 30.3 Å². The van der Waals surface area contributed by atoms with E-state index >= 15 is 0 Å². The smallest absolute Gasteiger partial charge is 0.326 e. The van der Waals surface area contributed by atoms with Crippen LogP contribution in [0, 0.1) is 6.92 Å². The fourth-order valence-corrected chi connectivity index (χ4v) is 3.38. The van der Waals surface area contributed by atoms with Crippen LogP contribution in [0.1, 0.15) is 22.2 Å². The molecule has 8 heteroatoms. The van der Waals surface area contributed by atoms with E-state index in [0.29, 0.717) is 21.5 Å². The number of carbonyl (C=O) groups is 2. The van der Waals surface area contributed by atoms with Crippen LogP contribution in [0.4, 0.5) is 5.69 Å². The first-order valence-corrected chi connectivity index (χ1v) is 8.31. The number of thiophene rings is 1. The second kappa shape index (κ2) is 6.48. The number of Topliss-reactive ketones (excluding diaryl/α,β-unsaturated/α-hetero) is 1. The number of anilines is 1. The van der Waals surface area contributed by atoms with E-state index in [0.717, 1.165) is 9.44 Å². The molecule has 0 saturated heterocycles. The van der Waals surface area contributed by atoms with Crippen molar-refractivity contribution in [3.05, 3.63) is 61.6 Å². The lowest BCUT2D eigenvalue weighted by molar-refractivity contribution is -0.114. The third-order valence-electron chi connectivity index (χ3n) is 3.63. The Hall–Kier alpha value is -3.00. The Kier molecular flexibility index (Phi) is 4.37. The first-order valence-electron chi connectivity index (χ1n) is 7.49. The van der Waals surface area contributed by atoms with Gasteiger partial charge < -0.3 is 5.32 Å². The third-order valence-corrected chi connectivity index (χ3v) is 4.59. The van der Waals surface area contributed by atoms with Crippen LogP contribution in [-0.4, -0.2) is 21.2 Å². The zero-order chi connectivity index (χ0) is 18.1. The molecule has 0 fully saturated rings. The van der Waals surface area contributed by atoms with Gasteiger partial charge in [-0.2, -0.15) is 0 Å². The van der Waals surface area contributed by atoms with Gasteiger partial charge in [-0.1, -0.05) is 0 Å². The van der Waals surface area contributed by atoms with E-state index in [4.69, 9.17) is 0 Å². The molecule has 2 heterocycles. The van der Waals surface area contributed by atoms with Crippen LogP contribution in [0.15, 0.2) is 39.9 Å². The molecule has 0 aliphatic rings. The summed E-state index contributed by atoms with van der Waals surface area (Å²) in [6, 6.07) is 7.96. The van der Waals surface area contributed by atoms with Crippen molar-refractivity contribution in [2.75, 3.05) is 5.32 Å². The molecule has 7 nitrogen and oxygen atoms in total. The maximum Gasteiger partial charge on any atom is 0.329 e. The topological polar surface area (TPSA) is 101 Å². The summed E-state index contributed by atoms with van der Waals surface area (Å²) in [6.45, 7) is 2.88. The summed E-state index contributed by atoms with van der Waals surface area (Å²) in [6.07, 6.45) is 0. The Morgan fingerprint density at radius 3 is 2.52 bits per heavy atom. The average Bonchev–Trinajstić information content (AvgIpc) is 2.92. The first-order chi connectivity index (χ1) is 11.8. The highest BCUT2D eigenvalue weighted by Gasteiger charge is 2.14. The minimum atomic E-state index is -0.609. The quantitative estimate of drug-likeness (QED) is 0.696. The van der Waals surface area contributed by atoms with Crippen molar-refractivity contribution >= 4 is 38.9 Å². The molecule has 0 aliphatic carbocycles. The highest BCUT2D eigenvalue weighted by molar-refractivity contribution is 7.18. The Morgan fingerprint density at radius 1 is 1.20 bits per heavy atom. The summed E-state index contributed by atoms with van der Waals surface area (Å²) in [5, 5.41) is 3.00. The van der Waals surface area contributed by atoms with Gasteiger partial charge in [-0.3, -0.25) is 23.9 Å². The van der Waals surface area contributed by atoms with Gasteiger partial charge in [0.1, 0.15) is 4.83 Å². The molecule has 128 valence electrons. The molecule has 0 aliphatic heterocycles. The third kappa shape index (κ3) is 3.43. The molecular formula is C17H15N3O4S. The van der Waals surface area contributed by atoms with Crippen LogP contribution in [0.3, 0.4) is 0 Å². The van der Waals surface area contributed by atoms with Gasteiger partial charge in [-0.05, 0) is 37.3 Å². The molecule has 0 spiro atoms. The van der Waals surface area contributed by atoms with Gasteiger partial charge in [0, 0.05) is 23.1 Å². The fourth-order valence-electron chi connectivity index (χ4n) is 2.49. The van der Waals surface area contributed by atoms with Crippen molar-refractivity contribution < 1.29 is 9.59 Å². The number of aromatic nitrogens is 2. The number of fused-ring (bicyclic) bond motifs is 1. The molecule has 2 N–H and O–H groups in total. The van der Waals surface area contributed by atoms with Crippen molar-refractivity contribution in [2.24, 2.45) is 0 Å². The maximum absolute atomic E-state index is 12.5. The molecular weight excluding hydrogens is 342 g/mol. The summed E-state index contributed by atoms with van der Waals surface area (Å²) in [5.41, 5.74) is -0.176. The predicted molar refractivity (Wildman–Crippen MR) is 96.5 cm³/mol. The number of ketones is 1. The molecule has 0 radical (unpaired) electrons. The summed E-state index contributed by atoms with van der Waals surface area (Å²) < 4.78 is 0.901. The summed E-state index contributed by atoms with van der Waals surface area (Å²) >= 11 is 1.32. The van der Waals surface area contributed by atoms with E-state index in [1.807, 2.05) is 6.92 Å². The van der Waals surface area contributed by atoms with E-state index in [1.165, 1.54) is 18.3 Å². The van der Waals surface area contributed by atoms with Crippen LogP contribution in [0.2, 0.25) is 0 Å². The molecule has 0 bridgehead atoms. The van der Waals surface area contributed by atoms with Crippen LogP contribution in [0.25, 0.3) is 10.2 Å². The largest absolute Gasteiger partial charge is 0.329 e. The Labute approximate surface area is 145 Å². The van der Waals surface area contributed by atoms with Crippen molar-refractivity contribution in [2.45, 2.75) is 20.4 Å². The molecule has 0 unspecified atom stereocenters. The van der Waals surface area contributed by atoms with Crippen molar-refractivity contribution in [1.29, 1.82) is 0 Å². The molecule has 2 aromatic heterocycles. The number of amides is 1. The summed E-state index contributed by atoms with van der Waals surface area (Å²) in [7, 11) is 0. The zero-order valence-corrected chi connectivity index (χ0v) is 14.4. The van der Waals surface area contributed by atoms with Crippen LogP contribution >= 0.6 is 11.3 Å². The Balaban J connectivity index is 1.90. The molecule has 0 saturated carbocycles. The van der Waals surface area contributed by atoms with Gasteiger partial charge >= 0.3 is 5.69 Å². The number of H-pyrrole nitrogens is 1. The molecule has 25 heavy (non-hydrogen) atoms. The average molecular weight is 357 g/mol. The van der Waals surface area contributed by atoms with Gasteiger partial charge in [0.05, 0.1) is 11.9 Å². The number of carbonyl (C=O) groups excluding carboxylic acids is 2. The first kappa shape index (κ1) is 16.8. The number of hydrogen-bond acceptors (Lipinski definition) is 5. The van der Waals surface area contributed by atoms with Crippen LogP contribution < -0.4 is 16.6 Å². The summed E-state index contributed by atoms with van der Waals surface area (Å²) in [5.74, 6) is -0.579. The maximum atomic E-state index is 12.5. The second-order valence-corrected chi connectivity index (χ2v) is 6.86. The SMILES string of the molecule is CC(=O)Nc1ccc(C(=O)Cn2c(=O)[nH]c3sc(C)cc3c2=O)cc1. The van der Waals surface area contributed by atoms with Gasteiger partial charge in [0.15, 0.2) is 5.78 Å². The van der Waals surface area contributed by atoms with Gasteiger partial charge in [-0.15, -0.1) is 11.3 Å². The number of hydrogen-bond donors (Lipinski definition) is 2. The van der Waals surface area contributed by atoms with Crippen molar-refractivity contribution in [1.82, 2.24) is 9.55 Å². The minimum absolute atomic E-state index is 0.212. The van der Waals surface area contributed by atoms with E-state index in [9.17, 15) is 19.2 Å². The standard InChI is InChI=1S/C17H15N3O4S/c1-9-7-13-15(25-9)19-17(24)20(16(13)23)8-14(22)11-3-5-12(6-4-11)18-10(2)21/h3-7H,8H2,1-2H3,(H,18,21)(H,19,24). The Bertz CT molecular complexity index is 1090. The predicted octanol–water partition coefficient (Wildman–Crippen LogP) is 1.90. The molecule has 3 rings (SSSR count). The lowest BCUT2D eigenvalue weighted by atomic mass is 10.1. The van der Waals surface area contributed by atoms with Crippen molar-refractivity contribution in [3.63, 3.8) is 0 Å².